The first-order valence-corrected chi connectivity index (χ1v) is 6.25. The molecule has 0 saturated carbocycles. The van der Waals surface area contributed by atoms with Gasteiger partial charge in [0.05, 0.1) is 0 Å². The number of nitrogens with zero attached hydrogens (tertiary/aromatic N) is 2. The molecular formula is C10H15N5O2S. The number of amides is 3. The maximum Gasteiger partial charge on any atom is 0.321 e. The highest BCUT2D eigenvalue weighted by Gasteiger charge is 2.07. The Hall–Kier alpha value is -1.83. The van der Waals surface area contributed by atoms with E-state index in [1.165, 1.54) is 18.8 Å². The van der Waals surface area contributed by atoms with E-state index in [0.29, 0.717) is 16.7 Å². The van der Waals surface area contributed by atoms with Crippen LogP contribution in [0.3, 0.4) is 0 Å². The van der Waals surface area contributed by atoms with E-state index in [2.05, 4.69) is 20.6 Å². The van der Waals surface area contributed by atoms with Crippen LogP contribution in [0.1, 0.15) is 12.1 Å². The molecule has 0 saturated heterocycles. The van der Waals surface area contributed by atoms with Crippen LogP contribution in [0.15, 0.2) is 11.2 Å². The molecule has 0 fully saturated rings. The van der Waals surface area contributed by atoms with E-state index in [-0.39, 0.29) is 12.3 Å². The fourth-order valence-corrected chi connectivity index (χ4v) is 1.96. The normalized spacial score (nSPS) is 9.89. The van der Waals surface area contributed by atoms with Gasteiger partial charge in [0.2, 0.25) is 5.91 Å². The molecule has 0 aromatic carbocycles. The molecule has 8 heteroatoms. The van der Waals surface area contributed by atoms with Gasteiger partial charge >= 0.3 is 6.03 Å². The SMILES string of the molecule is CNC(=O)NC(=O)CCSc1nc(C)cc(N)n1. The van der Waals surface area contributed by atoms with Gasteiger partial charge in [0.1, 0.15) is 5.82 Å². The molecule has 0 bridgehead atoms. The maximum absolute atomic E-state index is 11.3. The van der Waals surface area contributed by atoms with E-state index < -0.39 is 6.03 Å². The number of aromatic nitrogens is 2. The van der Waals surface area contributed by atoms with Crippen molar-refractivity contribution in [1.82, 2.24) is 20.6 Å². The van der Waals surface area contributed by atoms with E-state index in [9.17, 15) is 9.59 Å². The number of carbonyl (C=O) groups is 2. The van der Waals surface area contributed by atoms with Crippen molar-refractivity contribution in [3.63, 3.8) is 0 Å². The van der Waals surface area contributed by atoms with Crippen molar-refractivity contribution in [3.8, 4) is 0 Å². The summed E-state index contributed by atoms with van der Waals surface area (Å²) in [5.41, 5.74) is 6.36. The molecule has 0 aliphatic rings. The molecule has 18 heavy (non-hydrogen) atoms. The van der Waals surface area contributed by atoms with Gasteiger partial charge in [-0.1, -0.05) is 11.8 Å². The van der Waals surface area contributed by atoms with Crippen LogP contribution in [-0.2, 0) is 4.79 Å². The summed E-state index contributed by atoms with van der Waals surface area (Å²) in [6.45, 7) is 1.82. The van der Waals surface area contributed by atoms with Crippen LogP contribution >= 0.6 is 11.8 Å². The molecule has 0 radical (unpaired) electrons. The number of hydrogen-bond donors (Lipinski definition) is 3. The Labute approximate surface area is 109 Å². The van der Waals surface area contributed by atoms with Crippen LogP contribution in [-0.4, -0.2) is 34.7 Å². The lowest BCUT2D eigenvalue weighted by atomic mass is 10.4. The van der Waals surface area contributed by atoms with Crippen LogP contribution in [0.2, 0.25) is 0 Å². The lowest BCUT2D eigenvalue weighted by Gasteiger charge is -2.03. The smallest absolute Gasteiger partial charge is 0.321 e. The summed E-state index contributed by atoms with van der Waals surface area (Å²) < 4.78 is 0. The predicted molar refractivity (Wildman–Crippen MR) is 69.1 cm³/mol. The molecular weight excluding hydrogens is 254 g/mol. The van der Waals surface area contributed by atoms with E-state index >= 15 is 0 Å². The molecule has 3 amide bonds. The standard InChI is InChI=1S/C10H15N5O2S/c1-6-5-7(11)14-10(13-6)18-4-3-8(16)15-9(17)12-2/h5H,3-4H2,1-2H3,(H2,11,13,14)(H2,12,15,16,17). The lowest BCUT2D eigenvalue weighted by molar-refractivity contribution is -0.119. The van der Waals surface area contributed by atoms with Crippen molar-refractivity contribution in [1.29, 1.82) is 0 Å². The second-order valence-electron chi connectivity index (χ2n) is 3.44. The van der Waals surface area contributed by atoms with Gasteiger partial charge in [-0.3, -0.25) is 10.1 Å². The predicted octanol–water partition coefficient (Wildman–Crippen LogP) is 0.305. The summed E-state index contributed by atoms with van der Waals surface area (Å²) in [5.74, 6) is 0.536. The monoisotopic (exact) mass is 269 g/mol. The minimum atomic E-state index is -0.513. The molecule has 1 heterocycles. The summed E-state index contributed by atoms with van der Waals surface area (Å²) in [6, 6.07) is 1.16. The number of thioether (sulfide) groups is 1. The van der Waals surface area contributed by atoms with Crippen molar-refractivity contribution in [2.45, 2.75) is 18.5 Å². The van der Waals surface area contributed by atoms with Crippen LogP contribution < -0.4 is 16.4 Å². The fourth-order valence-electron chi connectivity index (χ4n) is 1.12. The number of imide groups is 1. The van der Waals surface area contributed by atoms with Gasteiger partial charge in [-0.05, 0) is 6.92 Å². The van der Waals surface area contributed by atoms with Crippen LogP contribution in [0.25, 0.3) is 0 Å². The summed E-state index contributed by atoms with van der Waals surface area (Å²) >= 11 is 1.32. The third-order valence-electron chi connectivity index (χ3n) is 1.89. The Bertz CT molecular complexity index is 432. The van der Waals surface area contributed by atoms with Gasteiger partial charge in [0, 0.05) is 31.0 Å². The van der Waals surface area contributed by atoms with Gasteiger partial charge in [-0.2, -0.15) is 0 Å². The molecule has 0 spiro atoms. The topological polar surface area (TPSA) is 110 Å². The van der Waals surface area contributed by atoms with Gasteiger partial charge in [-0.15, -0.1) is 0 Å². The summed E-state index contributed by atoms with van der Waals surface area (Å²) in [6.07, 6.45) is 0.204. The summed E-state index contributed by atoms with van der Waals surface area (Å²) in [7, 11) is 1.45. The average Bonchev–Trinajstić information content (AvgIpc) is 2.27. The van der Waals surface area contributed by atoms with Crippen molar-refractivity contribution < 1.29 is 9.59 Å². The molecule has 98 valence electrons. The number of hydrogen-bond acceptors (Lipinski definition) is 6. The van der Waals surface area contributed by atoms with E-state index in [1.807, 2.05) is 6.92 Å². The Kier molecular flexibility index (Phi) is 5.37. The van der Waals surface area contributed by atoms with Crippen molar-refractivity contribution in [2.24, 2.45) is 0 Å². The van der Waals surface area contributed by atoms with Crippen molar-refractivity contribution >= 4 is 29.5 Å². The largest absolute Gasteiger partial charge is 0.384 e. The summed E-state index contributed by atoms with van der Waals surface area (Å²) in [5, 5.41) is 5.00. The number of aryl methyl sites for hydroxylation is 1. The molecule has 4 N–H and O–H groups in total. The fraction of sp³-hybridized carbons (Fsp3) is 0.400. The van der Waals surface area contributed by atoms with Gasteiger partial charge in [0.25, 0.3) is 0 Å². The second-order valence-corrected chi connectivity index (χ2v) is 4.50. The summed E-state index contributed by atoms with van der Waals surface area (Å²) in [4.78, 5) is 30.3. The number of urea groups is 1. The van der Waals surface area contributed by atoms with Crippen LogP contribution in [0.4, 0.5) is 10.6 Å². The molecule has 1 rings (SSSR count). The first-order chi connectivity index (χ1) is 8.51. The number of nitrogen functional groups attached to an aromatic ring is 1. The van der Waals surface area contributed by atoms with Crippen LogP contribution in [0.5, 0.6) is 0 Å². The Morgan fingerprint density at radius 2 is 2.17 bits per heavy atom. The molecule has 1 aromatic heterocycles. The van der Waals surface area contributed by atoms with Gasteiger partial charge < -0.3 is 11.1 Å². The molecule has 0 atom stereocenters. The van der Waals surface area contributed by atoms with Crippen molar-refractivity contribution in [3.05, 3.63) is 11.8 Å². The number of rotatable bonds is 4. The number of anilines is 1. The molecule has 0 aliphatic carbocycles. The Morgan fingerprint density at radius 1 is 1.44 bits per heavy atom. The zero-order valence-electron chi connectivity index (χ0n) is 10.2. The lowest BCUT2D eigenvalue weighted by Crippen LogP contribution is -2.37. The number of nitrogens with one attached hydrogen (secondary N) is 2. The number of nitrogens with two attached hydrogens (primary N) is 1. The first-order valence-electron chi connectivity index (χ1n) is 5.27. The minimum absolute atomic E-state index is 0.204. The Morgan fingerprint density at radius 3 is 2.78 bits per heavy atom. The minimum Gasteiger partial charge on any atom is -0.384 e. The zero-order chi connectivity index (χ0) is 13.5. The molecule has 0 aliphatic heterocycles. The number of carbonyl (C=O) groups excluding carboxylic acids is 2. The van der Waals surface area contributed by atoms with Gasteiger partial charge in [0.15, 0.2) is 5.16 Å². The van der Waals surface area contributed by atoms with Crippen LogP contribution in [0, 0.1) is 6.92 Å². The quantitative estimate of drug-likeness (QED) is 0.536. The molecule has 0 unspecified atom stereocenters. The third-order valence-corrected chi connectivity index (χ3v) is 2.74. The average molecular weight is 269 g/mol. The van der Waals surface area contributed by atoms with Gasteiger partial charge in [-0.25, -0.2) is 14.8 Å². The highest BCUT2D eigenvalue weighted by atomic mass is 32.2. The van der Waals surface area contributed by atoms with Crippen molar-refractivity contribution in [2.75, 3.05) is 18.5 Å². The van der Waals surface area contributed by atoms with E-state index in [1.54, 1.807) is 6.07 Å². The zero-order valence-corrected chi connectivity index (χ0v) is 11.0. The highest BCUT2D eigenvalue weighted by molar-refractivity contribution is 7.99. The Balaban J connectivity index is 2.37. The molecule has 7 nitrogen and oxygen atoms in total. The first kappa shape index (κ1) is 14.2. The highest BCUT2D eigenvalue weighted by Crippen LogP contribution is 2.15. The second kappa shape index (κ2) is 6.80. The maximum atomic E-state index is 11.3. The van der Waals surface area contributed by atoms with E-state index in [0.717, 1.165) is 5.69 Å². The van der Waals surface area contributed by atoms with E-state index in [4.69, 9.17) is 5.73 Å². The third kappa shape index (κ3) is 5.00. The molecule has 1 aromatic rings.